The summed E-state index contributed by atoms with van der Waals surface area (Å²) in [4.78, 5) is 0. The van der Waals surface area contributed by atoms with Crippen molar-refractivity contribution in [3.8, 4) is 0 Å². The summed E-state index contributed by atoms with van der Waals surface area (Å²) < 4.78 is 0. The van der Waals surface area contributed by atoms with E-state index in [1.165, 1.54) is 31.3 Å². The summed E-state index contributed by atoms with van der Waals surface area (Å²) in [5.74, 6) is 0. The Labute approximate surface area is 113 Å². The molecule has 0 aromatic carbocycles. The molecule has 0 spiro atoms. The van der Waals surface area contributed by atoms with Crippen molar-refractivity contribution in [1.29, 1.82) is 0 Å². The molecule has 1 radical (unpaired) electrons. The predicted octanol–water partition coefficient (Wildman–Crippen LogP) is -2.74. The minimum Gasteiger partial charge on any atom is -1.00 e. The van der Waals surface area contributed by atoms with Crippen LogP contribution in [0.5, 0.6) is 0 Å². The molecule has 13 heavy (non-hydrogen) atoms. The Morgan fingerprint density at radius 2 is 2.00 bits per heavy atom. The van der Waals surface area contributed by atoms with Crippen LogP contribution in [0.15, 0.2) is 17.7 Å². The zero-order valence-electron chi connectivity index (χ0n) is 7.95. The van der Waals surface area contributed by atoms with Gasteiger partial charge in [-0.1, -0.05) is 32.6 Å². The monoisotopic (exact) mass is 295 g/mol. The first-order valence-electron chi connectivity index (χ1n) is 4.19. The summed E-state index contributed by atoms with van der Waals surface area (Å²) in [5.41, 5.74) is 1.49. The quantitative estimate of drug-likeness (QED) is 0.390. The van der Waals surface area contributed by atoms with Crippen molar-refractivity contribution in [3.63, 3.8) is 0 Å². The molecule has 0 atom stereocenters. The van der Waals surface area contributed by atoms with Crippen molar-refractivity contribution in [3.05, 3.63) is 23.8 Å². The molecule has 1 rings (SSSR count). The number of hydrogen-bond acceptors (Lipinski definition) is 0. The van der Waals surface area contributed by atoms with E-state index in [0.717, 1.165) is 6.42 Å². The summed E-state index contributed by atoms with van der Waals surface area (Å²) in [7, 11) is 0. The molecule has 0 heterocycles. The minimum atomic E-state index is 0. The number of unbranched alkanes of at least 4 members (excludes halogenated alkanes) is 2. The molecule has 0 aromatic heterocycles. The van der Waals surface area contributed by atoms with E-state index in [0.29, 0.717) is 0 Å². The van der Waals surface area contributed by atoms with E-state index in [2.05, 4.69) is 25.2 Å². The average molecular weight is 297 g/mol. The smallest absolute Gasteiger partial charge is 1.00 e. The maximum absolute atomic E-state index is 3.18. The van der Waals surface area contributed by atoms with Gasteiger partial charge in [-0.2, -0.15) is 6.08 Å². The van der Waals surface area contributed by atoms with E-state index >= 15 is 0 Å². The molecule has 0 bridgehead atoms. The number of rotatable bonds is 4. The molecule has 0 amide bonds. The second-order valence-electron chi connectivity index (χ2n) is 2.79. The first-order chi connectivity index (χ1) is 4.93. The second-order valence-corrected chi connectivity index (χ2v) is 2.79. The molecule has 0 saturated heterocycles. The average Bonchev–Trinajstić information content (AvgIpc) is 2.41. The van der Waals surface area contributed by atoms with Crippen LogP contribution < -0.4 is 24.8 Å². The van der Waals surface area contributed by atoms with Gasteiger partial charge in [0.25, 0.3) is 0 Å². The Hall–Kier alpha value is 0.943. The molecule has 3 heteroatoms. The van der Waals surface area contributed by atoms with Crippen LogP contribution in [0, 0.1) is 6.08 Å². The standard InChI is InChI=1S/C10H15.2ClH.Zr/c1-2-3-4-7-10-8-5-6-9-10;;;/h8-9H,2-5,7H2,1H3;2*1H;/q-1;;;+3/p-2. The third-order valence-electron chi connectivity index (χ3n) is 1.84. The molecule has 0 nitrogen and oxygen atoms in total. The van der Waals surface area contributed by atoms with Crippen LogP contribution in [0.3, 0.4) is 0 Å². The first-order valence-corrected chi connectivity index (χ1v) is 4.19. The van der Waals surface area contributed by atoms with Gasteiger partial charge in [0.2, 0.25) is 0 Å². The normalized spacial score (nSPS) is 12.2. The largest absolute Gasteiger partial charge is 3.00 e. The van der Waals surface area contributed by atoms with Gasteiger partial charge in [0.1, 0.15) is 0 Å². The Morgan fingerprint density at radius 1 is 1.31 bits per heavy atom. The van der Waals surface area contributed by atoms with Gasteiger partial charge in [-0.3, -0.25) is 6.08 Å². The van der Waals surface area contributed by atoms with Crippen LogP contribution in [0.25, 0.3) is 0 Å². The van der Waals surface area contributed by atoms with Gasteiger partial charge in [0, 0.05) is 0 Å². The van der Waals surface area contributed by atoms with Crippen LogP contribution in [-0.2, 0) is 26.2 Å². The summed E-state index contributed by atoms with van der Waals surface area (Å²) >= 11 is 0. The van der Waals surface area contributed by atoms with Crippen molar-refractivity contribution >= 4 is 0 Å². The summed E-state index contributed by atoms with van der Waals surface area (Å²) in [6, 6.07) is 0. The van der Waals surface area contributed by atoms with Crippen molar-refractivity contribution in [1.82, 2.24) is 0 Å². The summed E-state index contributed by atoms with van der Waals surface area (Å²) in [5, 5.41) is 0. The third-order valence-corrected chi connectivity index (χ3v) is 1.84. The van der Waals surface area contributed by atoms with Crippen molar-refractivity contribution in [2.75, 3.05) is 0 Å². The van der Waals surface area contributed by atoms with Gasteiger partial charge in [-0.05, 0) is 0 Å². The number of hydrogen-bond donors (Lipinski definition) is 0. The Balaban J connectivity index is -0.000000333. The molecule has 0 N–H and O–H groups in total. The predicted molar refractivity (Wildman–Crippen MR) is 44.7 cm³/mol. The molecule has 1 aliphatic rings. The van der Waals surface area contributed by atoms with Gasteiger partial charge in [0.15, 0.2) is 0 Å². The molecule has 0 aromatic rings. The van der Waals surface area contributed by atoms with E-state index in [4.69, 9.17) is 0 Å². The Morgan fingerprint density at radius 3 is 2.46 bits per heavy atom. The fraction of sp³-hybridized carbons (Fsp3) is 0.600. The van der Waals surface area contributed by atoms with Crippen molar-refractivity contribution < 1.29 is 51.0 Å². The molecule has 1 aliphatic carbocycles. The number of halogens is 2. The second kappa shape index (κ2) is 12.9. The zero-order valence-corrected chi connectivity index (χ0v) is 11.9. The fourth-order valence-electron chi connectivity index (χ4n) is 1.19. The SMILES string of the molecule is CCCCCC1=CC[C-]=C1.[Cl-].[Cl-].[Zr+3]. The van der Waals surface area contributed by atoms with E-state index in [1.807, 2.05) is 0 Å². The van der Waals surface area contributed by atoms with E-state index < -0.39 is 0 Å². The van der Waals surface area contributed by atoms with Crippen LogP contribution in [0.2, 0.25) is 0 Å². The molecule has 0 unspecified atom stereocenters. The van der Waals surface area contributed by atoms with Crippen LogP contribution in [0.4, 0.5) is 0 Å². The molecule has 73 valence electrons. The molecule has 0 fully saturated rings. The van der Waals surface area contributed by atoms with Crippen LogP contribution in [0.1, 0.15) is 39.0 Å². The molecule has 0 saturated carbocycles. The van der Waals surface area contributed by atoms with Gasteiger partial charge in [-0.25, -0.2) is 11.6 Å². The van der Waals surface area contributed by atoms with Gasteiger partial charge in [0.05, 0.1) is 0 Å². The van der Waals surface area contributed by atoms with Crippen LogP contribution >= 0.6 is 0 Å². The van der Waals surface area contributed by atoms with Gasteiger partial charge < -0.3 is 24.8 Å². The Bertz CT molecular complexity index is 153. The fourth-order valence-corrected chi connectivity index (χ4v) is 1.19. The minimum absolute atomic E-state index is 0. The third kappa shape index (κ3) is 9.25. The molecule has 0 aliphatic heterocycles. The summed E-state index contributed by atoms with van der Waals surface area (Å²) in [6.45, 7) is 2.24. The van der Waals surface area contributed by atoms with Crippen LogP contribution in [-0.4, -0.2) is 0 Å². The van der Waals surface area contributed by atoms with Gasteiger partial charge >= 0.3 is 26.2 Å². The topological polar surface area (TPSA) is 0 Å². The molecular weight excluding hydrogens is 282 g/mol. The maximum Gasteiger partial charge on any atom is 3.00 e. The maximum atomic E-state index is 3.18. The van der Waals surface area contributed by atoms with E-state index in [9.17, 15) is 0 Å². The zero-order chi connectivity index (χ0) is 7.23. The van der Waals surface area contributed by atoms with E-state index in [1.54, 1.807) is 0 Å². The van der Waals surface area contributed by atoms with Gasteiger partial charge in [-0.15, -0.1) is 6.42 Å². The molecular formula is C10H15Cl2Zr. The van der Waals surface area contributed by atoms with Crippen molar-refractivity contribution in [2.45, 2.75) is 39.0 Å². The Kier molecular flexibility index (Phi) is 19.4. The first kappa shape index (κ1) is 19.5. The van der Waals surface area contributed by atoms with Crippen molar-refractivity contribution in [2.24, 2.45) is 0 Å². The summed E-state index contributed by atoms with van der Waals surface area (Å²) in [6.07, 6.45) is 13.9. The van der Waals surface area contributed by atoms with E-state index in [-0.39, 0.29) is 51.0 Å². The number of allylic oxidation sites excluding steroid dienone is 4.